The molecule has 1 atom stereocenters. The number of nitrogens with one attached hydrogen (secondary N) is 3. The van der Waals surface area contributed by atoms with E-state index in [2.05, 4.69) is 10.6 Å². The maximum Gasteiger partial charge on any atom is 0.322 e. The van der Waals surface area contributed by atoms with E-state index in [1.54, 1.807) is 29.8 Å². The third-order valence-corrected chi connectivity index (χ3v) is 5.75. The summed E-state index contributed by atoms with van der Waals surface area (Å²) in [4.78, 5) is 51.9. The summed E-state index contributed by atoms with van der Waals surface area (Å²) in [5.41, 5.74) is -0.749. The molecule has 1 saturated heterocycles. The number of nitrogens with zero attached hydrogens (tertiary/aromatic N) is 2. The fourth-order valence-corrected chi connectivity index (χ4v) is 4.08. The van der Waals surface area contributed by atoms with Gasteiger partial charge in [-0.3, -0.25) is 25.1 Å². The molecule has 0 radical (unpaired) electrons. The van der Waals surface area contributed by atoms with E-state index in [0.717, 1.165) is 16.9 Å². The number of carbonyl (C=O) groups excluding carboxylic acids is 4. The van der Waals surface area contributed by atoms with Crippen molar-refractivity contribution < 1.29 is 23.9 Å². The molecule has 1 fully saturated rings. The number of aromatic nitrogens is 1. The molecule has 10 nitrogen and oxygen atoms in total. The molecule has 0 saturated carbocycles. The number of benzene rings is 1. The molecule has 1 aromatic heterocycles. The van der Waals surface area contributed by atoms with Crippen molar-refractivity contribution in [3.05, 3.63) is 45.7 Å². The van der Waals surface area contributed by atoms with Gasteiger partial charge in [0.05, 0.1) is 20.2 Å². The zero-order valence-corrected chi connectivity index (χ0v) is 16.2. The average Bonchev–Trinajstić information content (AvgIpc) is 3.32. The highest BCUT2D eigenvalue weighted by molar-refractivity contribution is 7.06. The molecule has 0 unspecified atom stereocenters. The molecule has 29 heavy (non-hydrogen) atoms. The number of hydrogen-bond acceptors (Lipinski definition) is 7. The summed E-state index contributed by atoms with van der Waals surface area (Å²) in [7, 11) is 1.49. The number of thiazole rings is 1. The zero-order valence-electron chi connectivity index (χ0n) is 15.4. The molecule has 0 spiro atoms. The number of ether oxygens (including phenoxy) is 1. The molecule has 2 aliphatic rings. The second-order valence-electron chi connectivity index (χ2n) is 6.76. The monoisotopic (exact) mass is 415 g/mol. The molecule has 0 bridgehead atoms. The first kappa shape index (κ1) is 18.9. The largest absolute Gasteiger partial charge is 0.497 e. The van der Waals surface area contributed by atoms with Crippen LogP contribution in [-0.2, 0) is 22.7 Å². The van der Waals surface area contributed by atoms with Crippen LogP contribution in [0.1, 0.15) is 15.9 Å². The number of amides is 4. The van der Waals surface area contributed by atoms with Gasteiger partial charge in [0, 0.05) is 23.7 Å². The third-order valence-electron chi connectivity index (χ3n) is 5.04. The number of fused-ring (bicyclic) bond motifs is 1. The molecular weight excluding hydrogens is 398 g/mol. The Balaban J connectivity index is 1.64. The van der Waals surface area contributed by atoms with Crippen molar-refractivity contribution in [1.29, 1.82) is 5.41 Å². The summed E-state index contributed by atoms with van der Waals surface area (Å²) in [6.45, 7) is -0.387. The Bertz CT molecular complexity index is 1110. The van der Waals surface area contributed by atoms with Crippen molar-refractivity contribution in [1.82, 2.24) is 20.1 Å². The van der Waals surface area contributed by atoms with Crippen molar-refractivity contribution >= 4 is 35.0 Å². The topological polar surface area (TPSA) is 134 Å². The van der Waals surface area contributed by atoms with Crippen LogP contribution in [0.5, 0.6) is 5.75 Å². The van der Waals surface area contributed by atoms with Gasteiger partial charge in [0.15, 0.2) is 16.1 Å². The molecule has 4 amide bonds. The predicted octanol–water partition coefficient (Wildman–Crippen LogP) is -0.159. The Morgan fingerprint density at radius 2 is 2.14 bits per heavy atom. The highest BCUT2D eigenvalue weighted by Gasteiger charge is 2.54. The second-order valence-corrected chi connectivity index (χ2v) is 7.65. The quantitative estimate of drug-likeness (QED) is 0.445. The van der Waals surface area contributed by atoms with Gasteiger partial charge in [-0.05, 0) is 17.7 Å². The maximum atomic E-state index is 13.1. The summed E-state index contributed by atoms with van der Waals surface area (Å²) < 4.78 is 6.52. The molecule has 2 aliphatic heterocycles. The van der Waals surface area contributed by atoms with E-state index >= 15 is 0 Å². The number of carbonyl (C=O) groups is 4. The van der Waals surface area contributed by atoms with Crippen LogP contribution in [0.3, 0.4) is 0 Å². The Labute approximate surface area is 168 Å². The number of rotatable bonds is 6. The van der Waals surface area contributed by atoms with Crippen LogP contribution < -0.4 is 20.2 Å². The summed E-state index contributed by atoms with van der Waals surface area (Å²) >= 11 is 1.13. The van der Waals surface area contributed by atoms with E-state index in [9.17, 15) is 19.2 Å². The van der Waals surface area contributed by atoms with E-state index in [1.807, 2.05) is 0 Å². The molecule has 2 aromatic rings. The van der Waals surface area contributed by atoms with Gasteiger partial charge in [0.25, 0.3) is 11.8 Å². The first-order valence-electron chi connectivity index (χ1n) is 8.65. The molecule has 3 N–H and O–H groups in total. The lowest BCUT2D eigenvalue weighted by Gasteiger charge is -2.29. The van der Waals surface area contributed by atoms with E-state index in [4.69, 9.17) is 10.1 Å². The summed E-state index contributed by atoms with van der Waals surface area (Å²) in [5.74, 6) is -1.26. The van der Waals surface area contributed by atoms with Gasteiger partial charge in [-0.15, -0.1) is 11.3 Å². The van der Waals surface area contributed by atoms with Gasteiger partial charge >= 0.3 is 6.03 Å². The van der Waals surface area contributed by atoms with Gasteiger partial charge in [-0.2, -0.15) is 0 Å². The minimum Gasteiger partial charge on any atom is -0.497 e. The van der Waals surface area contributed by atoms with Crippen LogP contribution in [0.4, 0.5) is 4.79 Å². The van der Waals surface area contributed by atoms with E-state index in [-0.39, 0.29) is 30.3 Å². The van der Waals surface area contributed by atoms with E-state index in [0.29, 0.717) is 11.3 Å². The minimum atomic E-state index is -1.92. The fourth-order valence-electron chi connectivity index (χ4n) is 3.49. The lowest BCUT2D eigenvalue weighted by atomic mass is 9.93. The SMILES string of the molecule is COc1ccc2c(c1)C(=O)N(C[C@@]1(C(=O)Cn3ccsc3=N)NC(=O)NC1=O)C2. The molecule has 4 rings (SSSR count). The molecule has 0 aliphatic carbocycles. The smallest absolute Gasteiger partial charge is 0.322 e. The third kappa shape index (κ3) is 3.09. The van der Waals surface area contributed by atoms with Crippen molar-refractivity contribution in [2.75, 3.05) is 13.7 Å². The van der Waals surface area contributed by atoms with Crippen LogP contribution in [0, 0.1) is 5.41 Å². The number of urea groups is 1. The first-order valence-corrected chi connectivity index (χ1v) is 9.53. The molecule has 1 aromatic carbocycles. The molecule has 11 heteroatoms. The van der Waals surface area contributed by atoms with Crippen molar-refractivity contribution in [3.63, 3.8) is 0 Å². The number of methoxy groups -OCH3 is 1. The summed E-state index contributed by atoms with van der Waals surface area (Å²) in [6.07, 6.45) is 1.55. The van der Waals surface area contributed by atoms with Crippen LogP contribution in [0.15, 0.2) is 29.8 Å². The zero-order chi connectivity index (χ0) is 20.8. The normalized spacial score (nSPS) is 20.4. The van der Waals surface area contributed by atoms with Gasteiger partial charge < -0.3 is 19.5 Å². The van der Waals surface area contributed by atoms with Crippen molar-refractivity contribution in [3.8, 4) is 5.75 Å². The fraction of sp³-hybridized carbons (Fsp3) is 0.278. The average molecular weight is 415 g/mol. The Morgan fingerprint density at radius 1 is 1.34 bits per heavy atom. The van der Waals surface area contributed by atoms with Gasteiger partial charge in [0.2, 0.25) is 0 Å². The van der Waals surface area contributed by atoms with Gasteiger partial charge in [-0.25, -0.2) is 4.79 Å². The van der Waals surface area contributed by atoms with Crippen LogP contribution in [-0.4, -0.2) is 52.3 Å². The van der Waals surface area contributed by atoms with Crippen molar-refractivity contribution in [2.24, 2.45) is 0 Å². The van der Waals surface area contributed by atoms with E-state index < -0.39 is 23.3 Å². The van der Waals surface area contributed by atoms with Crippen LogP contribution in [0.2, 0.25) is 0 Å². The number of imide groups is 1. The standard InChI is InChI=1S/C18H17N5O5S/c1-28-11-3-2-10-7-23(14(25)12(10)6-11)9-18(15(26)20-17(27)21-18)13(24)8-22-4-5-29-16(22)19/h2-6,19H,7-9H2,1H3,(H2,20,21,26,27)/t18-/m0/s1. The van der Waals surface area contributed by atoms with Gasteiger partial charge in [-0.1, -0.05) is 6.07 Å². The number of ketones is 1. The number of hydrogen-bond donors (Lipinski definition) is 3. The van der Waals surface area contributed by atoms with Crippen LogP contribution in [0.25, 0.3) is 0 Å². The number of Topliss-reactive ketones (excluding diaryl/α,β-unsaturated/α-hetero) is 1. The van der Waals surface area contributed by atoms with Gasteiger partial charge in [0.1, 0.15) is 5.75 Å². The molecular formula is C18H17N5O5S. The Hall–Kier alpha value is -3.47. The van der Waals surface area contributed by atoms with Crippen molar-refractivity contribution in [2.45, 2.75) is 18.6 Å². The Kier molecular flexibility index (Phi) is 4.46. The lowest BCUT2D eigenvalue weighted by Crippen LogP contribution is -2.61. The second kappa shape index (κ2) is 6.85. The minimum absolute atomic E-state index is 0.134. The summed E-state index contributed by atoms with van der Waals surface area (Å²) in [6, 6.07) is 4.29. The highest BCUT2D eigenvalue weighted by atomic mass is 32.1. The van der Waals surface area contributed by atoms with Crippen LogP contribution >= 0.6 is 11.3 Å². The predicted molar refractivity (Wildman–Crippen MR) is 100 cm³/mol. The highest BCUT2D eigenvalue weighted by Crippen LogP contribution is 2.29. The first-order chi connectivity index (χ1) is 13.8. The van der Waals surface area contributed by atoms with E-state index in [1.165, 1.54) is 16.6 Å². The summed E-state index contributed by atoms with van der Waals surface area (Å²) in [5, 5.41) is 14.0. The Morgan fingerprint density at radius 3 is 2.76 bits per heavy atom. The molecule has 3 heterocycles. The maximum absolute atomic E-state index is 13.1. The lowest BCUT2D eigenvalue weighted by molar-refractivity contribution is -0.135. The molecule has 150 valence electrons.